The molecule has 0 radical (unpaired) electrons. The summed E-state index contributed by atoms with van der Waals surface area (Å²) >= 11 is 12.4. The highest BCUT2D eigenvalue weighted by Gasteiger charge is 2.21. The van der Waals surface area contributed by atoms with Gasteiger partial charge in [0, 0.05) is 11.6 Å². The maximum absolute atomic E-state index is 6.33. The van der Waals surface area contributed by atoms with Crippen LogP contribution in [0.15, 0.2) is 24.4 Å². The van der Waals surface area contributed by atoms with Crippen molar-refractivity contribution >= 4 is 23.2 Å². The van der Waals surface area contributed by atoms with Crippen LogP contribution in [0, 0.1) is 6.92 Å². The predicted octanol–water partition coefficient (Wildman–Crippen LogP) is 4.22. The number of rotatable bonds is 5. The Kier molecular flexibility index (Phi) is 5.08. The molecule has 1 N–H and O–H groups in total. The quantitative estimate of drug-likeness (QED) is 0.896. The highest BCUT2D eigenvalue weighted by Crippen LogP contribution is 2.30. The smallest absolute Gasteiger partial charge is 0.0837 e. The zero-order valence-corrected chi connectivity index (χ0v) is 13.5. The minimum atomic E-state index is 0.00696. The van der Waals surface area contributed by atoms with E-state index in [1.165, 1.54) is 0 Å². The van der Waals surface area contributed by atoms with Crippen molar-refractivity contribution < 1.29 is 0 Å². The number of hydrogen-bond acceptors (Lipinski definition) is 2. The predicted molar refractivity (Wildman–Crippen MR) is 84.6 cm³/mol. The zero-order chi connectivity index (χ0) is 14.7. The Balaban J connectivity index is 2.46. The van der Waals surface area contributed by atoms with E-state index in [0.717, 1.165) is 34.8 Å². The van der Waals surface area contributed by atoms with Crippen LogP contribution in [-0.2, 0) is 6.54 Å². The molecule has 1 aromatic heterocycles. The first-order valence-corrected chi connectivity index (χ1v) is 7.48. The molecule has 20 heavy (non-hydrogen) atoms. The average molecular weight is 312 g/mol. The number of halogens is 2. The first-order chi connectivity index (χ1) is 9.58. The molecule has 0 aliphatic heterocycles. The van der Waals surface area contributed by atoms with Crippen LogP contribution >= 0.6 is 23.2 Å². The van der Waals surface area contributed by atoms with Crippen LogP contribution in [0.25, 0.3) is 0 Å². The Hall–Kier alpha value is -1.03. The second kappa shape index (κ2) is 6.61. The third-order valence-corrected chi connectivity index (χ3v) is 4.06. The van der Waals surface area contributed by atoms with Gasteiger partial charge in [-0.05, 0) is 37.6 Å². The van der Waals surface area contributed by atoms with Crippen molar-refractivity contribution in [1.29, 1.82) is 0 Å². The first-order valence-electron chi connectivity index (χ1n) is 6.73. The normalized spacial score (nSPS) is 12.7. The molecule has 0 amide bonds. The number of aryl methyl sites for hydroxylation is 2. The summed E-state index contributed by atoms with van der Waals surface area (Å²) in [6.07, 6.45) is 2.72. The van der Waals surface area contributed by atoms with Gasteiger partial charge in [-0.1, -0.05) is 42.3 Å². The van der Waals surface area contributed by atoms with E-state index in [1.54, 1.807) is 6.20 Å². The molecule has 5 heteroatoms. The topological polar surface area (TPSA) is 29.9 Å². The first kappa shape index (κ1) is 15.4. The molecular weight excluding hydrogens is 293 g/mol. The van der Waals surface area contributed by atoms with Gasteiger partial charge in [-0.25, -0.2) is 0 Å². The largest absolute Gasteiger partial charge is 0.308 e. The molecule has 108 valence electrons. The van der Waals surface area contributed by atoms with Gasteiger partial charge in [-0.15, -0.1) is 0 Å². The van der Waals surface area contributed by atoms with Gasteiger partial charge in [0.2, 0.25) is 0 Å². The molecule has 1 unspecified atom stereocenters. The monoisotopic (exact) mass is 311 g/mol. The summed E-state index contributed by atoms with van der Waals surface area (Å²) in [5.74, 6) is 0. The second-order valence-corrected chi connectivity index (χ2v) is 5.65. The minimum absolute atomic E-state index is 0.00696. The molecule has 0 spiro atoms. The summed E-state index contributed by atoms with van der Waals surface area (Å²) in [5, 5.41) is 9.14. The Morgan fingerprint density at radius 2 is 2.05 bits per heavy atom. The molecule has 2 rings (SSSR count). The van der Waals surface area contributed by atoms with Gasteiger partial charge in [0.05, 0.1) is 23.0 Å². The SMILES string of the molecule is CCCn1ncc(Cl)c1C(NC)c1ccc(Cl)c(C)c1. The standard InChI is InChI=1S/C15H19Cl2N3/c1-4-7-20-15(13(17)9-19-20)14(18-3)11-5-6-12(16)10(2)8-11/h5-6,8-9,14,18H,4,7H2,1-3H3. The fraction of sp³-hybridized carbons (Fsp3) is 0.400. The number of nitrogens with zero attached hydrogens (tertiary/aromatic N) is 2. The molecule has 1 heterocycles. The highest BCUT2D eigenvalue weighted by atomic mass is 35.5. The van der Waals surface area contributed by atoms with Crippen molar-refractivity contribution in [3.8, 4) is 0 Å². The van der Waals surface area contributed by atoms with E-state index < -0.39 is 0 Å². The molecule has 0 saturated heterocycles. The lowest BCUT2D eigenvalue weighted by atomic mass is 10.0. The molecule has 3 nitrogen and oxygen atoms in total. The lowest BCUT2D eigenvalue weighted by Crippen LogP contribution is -2.22. The Bertz CT molecular complexity index is 593. The highest BCUT2D eigenvalue weighted by molar-refractivity contribution is 6.31. The zero-order valence-electron chi connectivity index (χ0n) is 12.0. The molecule has 0 fully saturated rings. The number of aromatic nitrogens is 2. The third-order valence-electron chi connectivity index (χ3n) is 3.35. The van der Waals surface area contributed by atoms with E-state index in [1.807, 2.05) is 30.8 Å². The fourth-order valence-corrected chi connectivity index (χ4v) is 2.73. The van der Waals surface area contributed by atoms with Gasteiger partial charge < -0.3 is 5.32 Å². The lowest BCUT2D eigenvalue weighted by Gasteiger charge is -2.20. The van der Waals surface area contributed by atoms with Crippen LogP contribution < -0.4 is 5.32 Å². The molecule has 1 atom stereocenters. The number of hydrogen-bond donors (Lipinski definition) is 1. The summed E-state index contributed by atoms with van der Waals surface area (Å²) in [4.78, 5) is 0. The summed E-state index contributed by atoms with van der Waals surface area (Å²) in [7, 11) is 1.92. The minimum Gasteiger partial charge on any atom is -0.308 e. The van der Waals surface area contributed by atoms with Gasteiger partial charge >= 0.3 is 0 Å². The molecular formula is C15H19Cl2N3. The Morgan fingerprint density at radius 3 is 2.65 bits per heavy atom. The molecule has 0 aliphatic carbocycles. The Labute approximate surface area is 129 Å². The van der Waals surface area contributed by atoms with Crippen molar-refractivity contribution in [3.63, 3.8) is 0 Å². The van der Waals surface area contributed by atoms with Gasteiger partial charge in [0.15, 0.2) is 0 Å². The molecule has 0 bridgehead atoms. The van der Waals surface area contributed by atoms with Gasteiger partial charge in [-0.3, -0.25) is 4.68 Å². The van der Waals surface area contributed by atoms with Crippen LogP contribution in [0.3, 0.4) is 0 Å². The maximum Gasteiger partial charge on any atom is 0.0837 e. The lowest BCUT2D eigenvalue weighted by molar-refractivity contribution is 0.534. The van der Waals surface area contributed by atoms with Gasteiger partial charge in [0.1, 0.15) is 0 Å². The van der Waals surface area contributed by atoms with E-state index in [4.69, 9.17) is 23.2 Å². The van der Waals surface area contributed by atoms with E-state index in [-0.39, 0.29) is 6.04 Å². The van der Waals surface area contributed by atoms with Crippen LogP contribution in [0.1, 0.15) is 36.2 Å². The molecule has 2 aromatic rings. The van der Waals surface area contributed by atoms with E-state index >= 15 is 0 Å². The summed E-state index contributed by atoms with van der Waals surface area (Å²) in [5.41, 5.74) is 3.19. The Morgan fingerprint density at radius 1 is 1.30 bits per heavy atom. The van der Waals surface area contributed by atoms with E-state index in [2.05, 4.69) is 23.4 Å². The summed E-state index contributed by atoms with van der Waals surface area (Å²) in [6.45, 7) is 4.98. The molecule has 1 aromatic carbocycles. The average Bonchev–Trinajstić information content (AvgIpc) is 2.77. The van der Waals surface area contributed by atoms with Gasteiger partial charge in [-0.2, -0.15) is 5.10 Å². The molecule has 0 aliphatic rings. The van der Waals surface area contributed by atoms with Crippen LogP contribution in [-0.4, -0.2) is 16.8 Å². The van der Waals surface area contributed by atoms with Crippen molar-refractivity contribution in [1.82, 2.24) is 15.1 Å². The third kappa shape index (κ3) is 3.00. The maximum atomic E-state index is 6.33. The number of benzene rings is 1. The van der Waals surface area contributed by atoms with Gasteiger partial charge in [0.25, 0.3) is 0 Å². The second-order valence-electron chi connectivity index (χ2n) is 4.83. The van der Waals surface area contributed by atoms with Crippen molar-refractivity contribution in [2.45, 2.75) is 32.9 Å². The number of nitrogens with one attached hydrogen (secondary N) is 1. The summed E-state index contributed by atoms with van der Waals surface area (Å²) < 4.78 is 1.97. The van der Waals surface area contributed by atoms with Crippen molar-refractivity contribution in [2.75, 3.05) is 7.05 Å². The van der Waals surface area contributed by atoms with Crippen LogP contribution in [0.5, 0.6) is 0 Å². The van der Waals surface area contributed by atoms with Crippen LogP contribution in [0.2, 0.25) is 10.0 Å². The summed E-state index contributed by atoms with van der Waals surface area (Å²) in [6, 6.07) is 6.04. The van der Waals surface area contributed by atoms with E-state index in [0.29, 0.717) is 5.02 Å². The van der Waals surface area contributed by atoms with Crippen molar-refractivity contribution in [2.24, 2.45) is 0 Å². The van der Waals surface area contributed by atoms with Crippen LogP contribution in [0.4, 0.5) is 0 Å². The van der Waals surface area contributed by atoms with E-state index in [9.17, 15) is 0 Å². The van der Waals surface area contributed by atoms with Crippen molar-refractivity contribution in [3.05, 3.63) is 51.3 Å². The fourth-order valence-electron chi connectivity index (χ4n) is 2.36. The molecule has 0 saturated carbocycles.